The van der Waals surface area contributed by atoms with Gasteiger partial charge in [0, 0.05) is 23.5 Å². The number of aromatic nitrogens is 1. The number of hydrogen-bond acceptors (Lipinski definition) is 2. The Labute approximate surface area is 91.7 Å². The van der Waals surface area contributed by atoms with Crippen LogP contribution in [0.1, 0.15) is 5.56 Å². The lowest BCUT2D eigenvalue weighted by atomic mass is 10.1. The fourth-order valence-electron chi connectivity index (χ4n) is 1.45. The van der Waals surface area contributed by atoms with Crippen LogP contribution in [0.25, 0.3) is 11.3 Å². The summed E-state index contributed by atoms with van der Waals surface area (Å²) < 4.78 is 26.6. The van der Waals surface area contributed by atoms with Gasteiger partial charge in [0.05, 0.1) is 5.69 Å². The van der Waals surface area contributed by atoms with Crippen molar-refractivity contribution in [1.82, 2.24) is 4.98 Å². The van der Waals surface area contributed by atoms with Crippen molar-refractivity contribution >= 4 is 5.69 Å². The topological polar surface area (TPSA) is 38.9 Å². The molecule has 2 rings (SSSR count). The van der Waals surface area contributed by atoms with E-state index in [1.54, 1.807) is 19.1 Å². The Balaban J connectivity index is 2.60. The maximum Gasteiger partial charge on any atom is 0.135 e. The van der Waals surface area contributed by atoms with Crippen LogP contribution < -0.4 is 5.73 Å². The summed E-state index contributed by atoms with van der Waals surface area (Å²) in [5.41, 5.74) is 7.10. The number of nitrogens with zero attached hydrogens (tertiary/aromatic N) is 1. The predicted molar refractivity (Wildman–Crippen MR) is 58.7 cm³/mol. The third-order valence-corrected chi connectivity index (χ3v) is 2.31. The lowest BCUT2D eigenvalue weighted by Crippen LogP contribution is -1.94. The molecule has 0 radical (unpaired) electrons. The Bertz CT molecular complexity index is 539. The highest BCUT2D eigenvalue weighted by atomic mass is 19.1. The molecule has 2 nitrogen and oxygen atoms in total. The van der Waals surface area contributed by atoms with Gasteiger partial charge in [0.2, 0.25) is 0 Å². The summed E-state index contributed by atoms with van der Waals surface area (Å²) in [4.78, 5) is 4.00. The average Bonchev–Trinajstić information content (AvgIpc) is 2.23. The lowest BCUT2D eigenvalue weighted by Gasteiger charge is -2.05. The summed E-state index contributed by atoms with van der Waals surface area (Å²) in [6.45, 7) is 1.57. The molecule has 0 amide bonds. The van der Waals surface area contributed by atoms with Gasteiger partial charge in [-0.15, -0.1) is 0 Å². The molecule has 0 saturated heterocycles. The first-order chi connectivity index (χ1) is 7.58. The fraction of sp³-hybridized carbons (Fsp3) is 0.0833. The maximum atomic E-state index is 13.5. The normalized spacial score (nSPS) is 10.4. The number of rotatable bonds is 1. The summed E-state index contributed by atoms with van der Waals surface area (Å²) in [7, 11) is 0. The molecular weight excluding hydrogens is 210 g/mol. The standard InChI is InChI=1S/C12H10F2N2/c1-7-4-9(11(14)6-10(7)13)12-5-8(15)2-3-16-12/h2-6H,1H3,(H2,15,16). The molecular formula is C12H10F2N2. The van der Waals surface area contributed by atoms with Gasteiger partial charge in [0.25, 0.3) is 0 Å². The smallest absolute Gasteiger partial charge is 0.135 e. The van der Waals surface area contributed by atoms with Crippen LogP contribution in [0.5, 0.6) is 0 Å². The van der Waals surface area contributed by atoms with Gasteiger partial charge in [-0.1, -0.05) is 0 Å². The van der Waals surface area contributed by atoms with E-state index in [-0.39, 0.29) is 5.56 Å². The van der Waals surface area contributed by atoms with Crippen LogP contribution >= 0.6 is 0 Å². The molecule has 0 atom stereocenters. The molecule has 1 aromatic carbocycles. The summed E-state index contributed by atoms with van der Waals surface area (Å²) >= 11 is 0. The number of pyridine rings is 1. The van der Waals surface area contributed by atoms with Crippen molar-refractivity contribution in [2.24, 2.45) is 0 Å². The number of aryl methyl sites for hydroxylation is 1. The second kappa shape index (κ2) is 3.89. The van der Waals surface area contributed by atoms with Crippen LogP contribution in [0.2, 0.25) is 0 Å². The van der Waals surface area contributed by atoms with Gasteiger partial charge >= 0.3 is 0 Å². The minimum atomic E-state index is -0.638. The number of nitrogen functional groups attached to an aromatic ring is 1. The third-order valence-electron chi connectivity index (χ3n) is 2.31. The number of benzene rings is 1. The number of nitrogens with two attached hydrogens (primary N) is 1. The molecule has 0 bridgehead atoms. The van der Waals surface area contributed by atoms with E-state index >= 15 is 0 Å². The van der Waals surface area contributed by atoms with Gasteiger partial charge in [0.15, 0.2) is 0 Å². The molecule has 82 valence electrons. The molecule has 2 N–H and O–H groups in total. The molecule has 0 fully saturated rings. The highest BCUT2D eigenvalue weighted by molar-refractivity contribution is 5.64. The first-order valence-corrected chi connectivity index (χ1v) is 4.75. The average molecular weight is 220 g/mol. The monoisotopic (exact) mass is 220 g/mol. The molecule has 0 aliphatic carbocycles. The molecule has 16 heavy (non-hydrogen) atoms. The van der Waals surface area contributed by atoms with Crippen molar-refractivity contribution in [2.45, 2.75) is 6.92 Å². The molecule has 4 heteroatoms. The van der Waals surface area contributed by atoms with Crippen LogP contribution in [-0.4, -0.2) is 4.98 Å². The number of halogens is 2. The van der Waals surface area contributed by atoms with Crippen molar-refractivity contribution in [3.05, 3.63) is 47.7 Å². The molecule has 0 unspecified atom stereocenters. The van der Waals surface area contributed by atoms with E-state index in [1.165, 1.54) is 12.3 Å². The van der Waals surface area contributed by atoms with Gasteiger partial charge in [-0.2, -0.15) is 0 Å². The number of anilines is 1. The highest BCUT2D eigenvalue weighted by Crippen LogP contribution is 2.24. The zero-order valence-electron chi connectivity index (χ0n) is 8.67. The summed E-state index contributed by atoms with van der Waals surface area (Å²) in [5, 5.41) is 0. The van der Waals surface area contributed by atoms with Crippen LogP contribution in [0.15, 0.2) is 30.5 Å². The Hall–Kier alpha value is -1.97. The highest BCUT2D eigenvalue weighted by Gasteiger charge is 2.10. The van der Waals surface area contributed by atoms with Gasteiger partial charge in [-0.05, 0) is 30.7 Å². The molecule has 0 saturated carbocycles. The van der Waals surface area contributed by atoms with E-state index in [2.05, 4.69) is 4.98 Å². The van der Waals surface area contributed by atoms with E-state index in [4.69, 9.17) is 5.73 Å². The summed E-state index contributed by atoms with van der Waals surface area (Å²) in [5.74, 6) is -1.20. The van der Waals surface area contributed by atoms with Crippen LogP contribution in [0.3, 0.4) is 0 Å². The zero-order valence-corrected chi connectivity index (χ0v) is 8.67. The molecule has 0 aliphatic rings. The molecule has 2 aromatic rings. The maximum absolute atomic E-state index is 13.5. The van der Waals surface area contributed by atoms with Crippen LogP contribution in [-0.2, 0) is 0 Å². The predicted octanol–water partition coefficient (Wildman–Crippen LogP) is 2.92. The van der Waals surface area contributed by atoms with Gasteiger partial charge in [-0.3, -0.25) is 4.98 Å². The van der Waals surface area contributed by atoms with Crippen molar-refractivity contribution in [3.63, 3.8) is 0 Å². The zero-order chi connectivity index (χ0) is 11.7. The Morgan fingerprint density at radius 2 is 1.88 bits per heavy atom. The summed E-state index contributed by atoms with van der Waals surface area (Å²) in [6, 6.07) is 5.44. The lowest BCUT2D eigenvalue weighted by molar-refractivity contribution is 0.579. The first-order valence-electron chi connectivity index (χ1n) is 4.75. The Morgan fingerprint density at radius 3 is 2.56 bits per heavy atom. The first kappa shape index (κ1) is 10.5. The number of hydrogen-bond donors (Lipinski definition) is 1. The van der Waals surface area contributed by atoms with Crippen molar-refractivity contribution in [3.8, 4) is 11.3 Å². The van der Waals surface area contributed by atoms with Crippen molar-refractivity contribution < 1.29 is 8.78 Å². The van der Waals surface area contributed by atoms with Gasteiger partial charge < -0.3 is 5.73 Å². The Morgan fingerprint density at radius 1 is 1.12 bits per heavy atom. The molecule has 0 spiro atoms. The van der Waals surface area contributed by atoms with E-state index in [0.717, 1.165) is 6.07 Å². The third kappa shape index (κ3) is 1.86. The van der Waals surface area contributed by atoms with Gasteiger partial charge in [-0.25, -0.2) is 8.78 Å². The quantitative estimate of drug-likeness (QED) is 0.802. The van der Waals surface area contributed by atoms with E-state index in [9.17, 15) is 8.78 Å². The molecule has 1 heterocycles. The van der Waals surface area contributed by atoms with E-state index < -0.39 is 11.6 Å². The fourth-order valence-corrected chi connectivity index (χ4v) is 1.45. The summed E-state index contributed by atoms with van der Waals surface area (Å²) in [6.07, 6.45) is 1.49. The molecule has 1 aromatic heterocycles. The largest absolute Gasteiger partial charge is 0.399 e. The van der Waals surface area contributed by atoms with E-state index in [0.29, 0.717) is 16.9 Å². The van der Waals surface area contributed by atoms with Gasteiger partial charge in [0.1, 0.15) is 11.6 Å². The Kier molecular flexibility index (Phi) is 2.56. The van der Waals surface area contributed by atoms with Crippen LogP contribution in [0.4, 0.5) is 14.5 Å². The second-order valence-corrected chi connectivity index (χ2v) is 3.56. The van der Waals surface area contributed by atoms with Crippen molar-refractivity contribution in [1.29, 1.82) is 0 Å². The van der Waals surface area contributed by atoms with Crippen molar-refractivity contribution in [2.75, 3.05) is 5.73 Å². The van der Waals surface area contributed by atoms with E-state index in [1.807, 2.05) is 0 Å². The minimum absolute atomic E-state index is 0.256. The second-order valence-electron chi connectivity index (χ2n) is 3.56. The minimum Gasteiger partial charge on any atom is -0.399 e. The van der Waals surface area contributed by atoms with Crippen LogP contribution in [0, 0.1) is 18.6 Å². The molecule has 0 aliphatic heterocycles. The SMILES string of the molecule is Cc1cc(-c2cc(N)ccn2)c(F)cc1F.